The first kappa shape index (κ1) is 12.1. The number of carboxylic acids is 1. The van der Waals surface area contributed by atoms with Crippen LogP contribution < -0.4 is 0 Å². The van der Waals surface area contributed by atoms with Crippen LogP contribution in [0.5, 0.6) is 0 Å². The molecule has 1 saturated carbocycles. The number of carbonyl (C=O) groups is 3. The van der Waals surface area contributed by atoms with Crippen LogP contribution in [0.15, 0.2) is 0 Å². The third kappa shape index (κ3) is 1.83. The Balaban J connectivity index is 2.26. The Kier molecular flexibility index (Phi) is 3.17. The molecule has 1 heterocycles. The Hall–Kier alpha value is -1.39. The lowest BCUT2D eigenvalue weighted by atomic mass is 9.81. The Labute approximate surface area is 99.8 Å². The van der Waals surface area contributed by atoms with Crippen molar-refractivity contribution >= 4 is 17.8 Å². The van der Waals surface area contributed by atoms with E-state index in [1.54, 1.807) is 6.92 Å². The van der Waals surface area contributed by atoms with E-state index >= 15 is 0 Å². The fourth-order valence-electron chi connectivity index (χ4n) is 2.96. The van der Waals surface area contributed by atoms with Crippen LogP contribution in [-0.2, 0) is 14.4 Å². The Morgan fingerprint density at radius 2 is 1.76 bits per heavy atom. The second-order valence-electron chi connectivity index (χ2n) is 4.81. The minimum Gasteiger partial charge on any atom is -0.480 e. The lowest BCUT2D eigenvalue weighted by Gasteiger charge is -2.21. The maximum Gasteiger partial charge on any atom is 0.326 e. The largest absolute Gasteiger partial charge is 0.480 e. The molecule has 0 unspecified atom stereocenters. The van der Waals surface area contributed by atoms with Crippen LogP contribution in [0, 0.1) is 11.8 Å². The molecule has 1 aliphatic heterocycles. The van der Waals surface area contributed by atoms with Crippen molar-refractivity contribution in [2.45, 2.75) is 45.1 Å². The van der Waals surface area contributed by atoms with Gasteiger partial charge in [0.15, 0.2) is 0 Å². The lowest BCUT2D eigenvalue weighted by Crippen LogP contribution is -2.45. The van der Waals surface area contributed by atoms with Crippen molar-refractivity contribution in [3.8, 4) is 0 Å². The van der Waals surface area contributed by atoms with Crippen molar-refractivity contribution in [1.29, 1.82) is 0 Å². The van der Waals surface area contributed by atoms with Gasteiger partial charge in [-0.25, -0.2) is 4.79 Å². The molecule has 0 aromatic heterocycles. The molecule has 0 radical (unpaired) electrons. The minimum absolute atomic E-state index is 0.260. The van der Waals surface area contributed by atoms with E-state index < -0.39 is 12.0 Å². The molecule has 17 heavy (non-hydrogen) atoms. The number of imide groups is 1. The van der Waals surface area contributed by atoms with Crippen LogP contribution in [0.25, 0.3) is 0 Å². The van der Waals surface area contributed by atoms with E-state index in [4.69, 9.17) is 5.11 Å². The third-order valence-electron chi connectivity index (χ3n) is 3.86. The topological polar surface area (TPSA) is 74.7 Å². The zero-order chi connectivity index (χ0) is 12.6. The summed E-state index contributed by atoms with van der Waals surface area (Å²) in [5.41, 5.74) is 0. The number of amides is 2. The lowest BCUT2D eigenvalue weighted by molar-refractivity contribution is -0.155. The maximum absolute atomic E-state index is 12.1. The molecule has 2 fully saturated rings. The molecule has 0 aromatic rings. The van der Waals surface area contributed by atoms with Gasteiger partial charge in [0.2, 0.25) is 11.8 Å². The van der Waals surface area contributed by atoms with Crippen LogP contribution in [-0.4, -0.2) is 33.8 Å². The molecule has 1 saturated heterocycles. The summed E-state index contributed by atoms with van der Waals surface area (Å²) in [5.74, 6) is -2.15. The highest BCUT2D eigenvalue weighted by Gasteiger charge is 2.51. The van der Waals surface area contributed by atoms with E-state index in [0.29, 0.717) is 0 Å². The molecule has 0 aromatic carbocycles. The van der Waals surface area contributed by atoms with Gasteiger partial charge < -0.3 is 5.11 Å². The molecule has 1 aliphatic carbocycles. The van der Waals surface area contributed by atoms with Gasteiger partial charge in [-0.3, -0.25) is 14.5 Å². The van der Waals surface area contributed by atoms with Gasteiger partial charge in [0.05, 0.1) is 11.8 Å². The number of hydrogen-bond acceptors (Lipinski definition) is 3. The molecular formula is C12H17NO4. The zero-order valence-corrected chi connectivity index (χ0v) is 9.89. The fraction of sp³-hybridized carbons (Fsp3) is 0.750. The Bertz CT molecular complexity index is 342. The smallest absolute Gasteiger partial charge is 0.326 e. The molecule has 2 rings (SSSR count). The average Bonchev–Trinajstić information content (AvgIpc) is 2.56. The van der Waals surface area contributed by atoms with E-state index in [1.807, 2.05) is 0 Å². The Morgan fingerprint density at radius 3 is 2.12 bits per heavy atom. The number of likely N-dealkylation sites (tertiary alicyclic amines) is 1. The van der Waals surface area contributed by atoms with Gasteiger partial charge in [0, 0.05) is 0 Å². The third-order valence-corrected chi connectivity index (χ3v) is 3.86. The molecule has 1 N–H and O–H groups in total. The summed E-state index contributed by atoms with van der Waals surface area (Å²) in [6, 6.07) is -0.986. The summed E-state index contributed by atoms with van der Waals surface area (Å²) >= 11 is 0. The quantitative estimate of drug-likeness (QED) is 0.746. The van der Waals surface area contributed by atoms with Crippen LogP contribution in [0.2, 0.25) is 0 Å². The van der Waals surface area contributed by atoms with Gasteiger partial charge in [-0.05, 0) is 19.3 Å². The van der Waals surface area contributed by atoms with Crippen molar-refractivity contribution < 1.29 is 19.5 Å². The van der Waals surface area contributed by atoms with Crippen molar-refractivity contribution in [2.24, 2.45) is 11.8 Å². The van der Waals surface area contributed by atoms with Crippen molar-refractivity contribution in [3.05, 3.63) is 0 Å². The molecule has 2 aliphatic rings. The van der Waals surface area contributed by atoms with Gasteiger partial charge in [-0.2, -0.15) is 0 Å². The number of nitrogens with zero attached hydrogens (tertiary/aromatic N) is 1. The van der Waals surface area contributed by atoms with Gasteiger partial charge >= 0.3 is 5.97 Å². The standard InChI is InChI=1S/C12H17NO4/c1-2-9(12(16)17)13-10(14)7-5-3-4-6-8(7)11(13)15/h7-9H,2-6H2,1H3,(H,16,17)/t7-,8+,9-/m1/s1. The van der Waals surface area contributed by atoms with Crippen molar-refractivity contribution in [2.75, 3.05) is 0 Å². The van der Waals surface area contributed by atoms with E-state index in [1.165, 1.54) is 0 Å². The van der Waals surface area contributed by atoms with Crippen molar-refractivity contribution in [1.82, 2.24) is 4.90 Å². The zero-order valence-electron chi connectivity index (χ0n) is 9.89. The van der Waals surface area contributed by atoms with Gasteiger partial charge in [0.1, 0.15) is 6.04 Å². The monoisotopic (exact) mass is 239 g/mol. The molecule has 5 nitrogen and oxygen atoms in total. The van der Waals surface area contributed by atoms with Gasteiger partial charge in [-0.15, -0.1) is 0 Å². The molecular weight excluding hydrogens is 222 g/mol. The molecule has 0 spiro atoms. The molecule has 5 heteroatoms. The molecule has 2 amide bonds. The van der Waals surface area contributed by atoms with Gasteiger partial charge in [0.25, 0.3) is 0 Å². The number of aliphatic carboxylic acids is 1. The van der Waals surface area contributed by atoms with Crippen LogP contribution in [0.4, 0.5) is 0 Å². The first-order valence-corrected chi connectivity index (χ1v) is 6.17. The fourth-order valence-corrected chi connectivity index (χ4v) is 2.96. The predicted octanol–water partition coefficient (Wildman–Crippen LogP) is 1.02. The van der Waals surface area contributed by atoms with Crippen LogP contribution in [0.1, 0.15) is 39.0 Å². The van der Waals surface area contributed by atoms with E-state index in [2.05, 4.69) is 0 Å². The number of rotatable bonds is 3. The van der Waals surface area contributed by atoms with Crippen molar-refractivity contribution in [3.63, 3.8) is 0 Å². The maximum atomic E-state index is 12.1. The van der Waals surface area contributed by atoms with E-state index in [0.717, 1.165) is 30.6 Å². The SMILES string of the molecule is CC[C@H](C(=O)O)N1C(=O)[C@H]2CCCC[C@H]2C1=O. The predicted molar refractivity (Wildman–Crippen MR) is 59.0 cm³/mol. The first-order valence-electron chi connectivity index (χ1n) is 6.17. The minimum atomic E-state index is -1.09. The van der Waals surface area contributed by atoms with Gasteiger partial charge in [-0.1, -0.05) is 19.8 Å². The number of fused-ring (bicyclic) bond motifs is 1. The second kappa shape index (κ2) is 4.47. The summed E-state index contributed by atoms with van der Waals surface area (Å²) < 4.78 is 0. The average molecular weight is 239 g/mol. The highest BCUT2D eigenvalue weighted by Crippen LogP contribution is 2.39. The molecule has 0 bridgehead atoms. The number of hydrogen-bond donors (Lipinski definition) is 1. The summed E-state index contributed by atoms with van der Waals surface area (Å²) in [7, 11) is 0. The van der Waals surface area contributed by atoms with E-state index in [-0.39, 0.29) is 30.1 Å². The number of carbonyl (C=O) groups excluding carboxylic acids is 2. The highest BCUT2D eigenvalue weighted by molar-refractivity contribution is 6.07. The summed E-state index contributed by atoms with van der Waals surface area (Å²) in [6.45, 7) is 1.68. The first-order chi connectivity index (χ1) is 8.07. The number of carboxylic acid groups (broad SMARTS) is 1. The second-order valence-corrected chi connectivity index (χ2v) is 4.81. The highest BCUT2D eigenvalue weighted by atomic mass is 16.4. The molecule has 3 atom stereocenters. The summed E-state index contributed by atoms with van der Waals surface area (Å²) in [6.07, 6.45) is 3.63. The summed E-state index contributed by atoms with van der Waals surface area (Å²) in [4.78, 5) is 36.3. The summed E-state index contributed by atoms with van der Waals surface area (Å²) in [5, 5.41) is 9.06. The van der Waals surface area contributed by atoms with Crippen LogP contribution in [0.3, 0.4) is 0 Å². The van der Waals surface area contributed by atoms with Crippen LogP contribution >= 0.6 is 0 Å². The van der Waals surface area contributed by atoms with E-state index in [9.17, 15) is 14.4 Å². The Morgan fingerprint density at radius 1 is 1.29 bits per heavy atom. The normalized spacial score (nSPS) is 30.3. The molecule has 94 valence electrons.